The van der Waals surface area contributed by atoms with Gasteiger partial charge in [-0.1, -0.05) is 73.7 Å². The summed E-state index contributed by atoms with van der Waals surface area (Å²) in [5.41, 5.74) is 4.25. The van der Waals surface area contributed by atoms with Crippen molar-refractivity contribution in [3.05, 3.63) is 95.6 Å². The minimum Gasteiger partial charge on any atom is -0.483 e. The van der Waals surface area contributed by atoms with Gasteiger partial charge in [-0.25, -0.2) is 0 Å². The SMILES string of the molecule is CCc1ccccc1NC(=O)COc1ccccc1Cc1ccccc1. The number of hydrogen-bond donors (Lipinski definition) is 1. The fraction of sp³-hybridized carbons (Fsp3) is 0.174. The molecule has 0 saturated carbocycles. The first-order chi connectivity index (χ1) is 12.8. The van der Waals surface area contributed by atoms with E-state index in [-0.39, 0.29) is 12.5 Å². The summed E-state index contributed by atoms with van der Waals surface area (Å²) in [6, 6.07) is 25.9. The predicted octanol–water partition coefficient (Wildman–Crippen LogP) is 4.86. The Morgan fingerprint density at radius 2 is 1.50 bits per heavy atom. The largest absolute Gasteiger partial charge is 0.483 e. The van der Waals surface area contributed by atoms with Crippen molar-refractivity contribution in [2.24, 2.45) is 0 Å². The van der Waals surface area contributed by atoms with Crippen LogP contribution >= 0.6 is 0 Å². The molecule has 132 valence electrons. The molecule has 3 aromatic rings. The number of ether oxygens (including phenoxy) is 1. The Morgan fingerprint density at radius 3 is 2.27 bits per heavy atom. The van der Waals surface area contributed by atoms with Crippen molar-refractivity contribution in [2.45, 2.75) is 19.8 Å². The number of nitrogens with one attached hydrogen (secondary N) is 1. The zero-order chi connectivity index (χ0) is 18.2. The summed E-state index contributed by atoms with van der Waals surface area (Å²) >= 11 is 0. The van der Waals surface area contributed by atoms with Crippen LogP contribution in [0.15, 0.2) is 78.9 Å². The molecule has 0 bridgehead atoms. The smallest absolute Gasteiger partial charge is 0.262 e. The highest BCUT2D eigenvalue weighted by molar-refractivity contribution is 5.92. The number of benzene rings is 3. The van der Waals surface area contributed by atoms with E-state index in [1.165, 1.54) is 5.56 Å². The fourth-order valence-electron chi connectivity index (χ4n) is 2.89. The van der Waals surface area contributed by atoms with E-state index in [9.17, 15) is 4.79 Å². The van der Waals surface area contributed by atoms with Crippen LogP contribution in [0.1, 0.15) is 23.6 Å². The van der Waals surface area contributed by atoms with E-state index in [4.69, 9.17) is 4.74 Å². The van der Waals surface area contributed by atoms with Gasteiger partial charge in [0.1, 0.15) is 5.75 Å². The summed E-state index contributed by atoms with van der Waals surface area (Å²) in [6.45, 7) is 2.06. The lowest BCUT2D eigenvalue weighted by molar-refractivity contribution is -0.118. The van der Waals surface area contributed by atoms with E-state index >= 15 is 0 Å². The van der Waals surface area contributed by atoms with Gasteiger partial charge in [0.25, 0.3) is 5.91 Å². The average molecular weight is 345 g/mol. The van der Waals surface area contributed by atoms with Crippen molar-refractivity contribution in [1.82, 2.24) is 0 Å². The molecule has 0 aromatic heterocycles. The second-order valence-corrected chi connectivity index (χ2v) is 6.12. The Hall–Kier alpha value is -3.07. The molecule has 0 atom stereocenters. The van der Waals surface area contributed by atoms with Gasteiger partial charge in [0.05, 0.1) is 0 Å². The van der Waals surface area contributed by atoms with Crippen molar-refractivity contribution < 1.29 is 9.53 Å². The lowest BCUT2D eigenvalue weighted by atomic mass is 10.0. The normalized spacial score (nSPS) is 10.3. The van der Waals surface area contributed by atoms with Crippen LogP contribution in [0.5, 0.6) is 5.75 Å². The van der Waals surface area contributed by atoms with Crippen LogP contribution < -0.4 is 10.1 Å². The van der Waals surface area contributed by atoms with Crippen LogP contribution in [-0.4, -0.2) is 12.5 Å². The van der Waals surface area contributed by atoms with E-state index in [1.54, 1.807) is 0 Å². The maximum Gasteiger partial charge on any atom is 0.262 e. The highest BCUT2D eigenvalue weighted by atomic mass is 16.5. The number of amides is 1. The molecule has 0 aliphatic heterocycles. The predicted molar refractivity (Wildman–Crippen MR) is 106 cm³/mol. The number of hydrogen-bond acceptors (Lipinski definition) is 2. The maximum absolute atomic E-state index is 12.3. The highest BCUT2D eigenvalue weighted by Gasteiger charge is 2.09. The van der Waals surface area contributed by atoms with Crippen LogP contribution in [-0.2, 0) is 17.6 Å². The zero-order valence-corrected chi connectivity index (χ0v) is 14.9. The lowest BCUT2D eigenvalue weighted by Gasteiger charge is -2.13. The molecule has 0 aliphatic rings. The van der Waals surface area contributed by atoms with Crippen molar-refractivity contribution in [3.8, 4) is 5.75 Å². The van der Waals surface area contributed by atoms with Crippen LogP contribution in [0.4, 0.5) is 5.69 Å². The second kappa shape index (κ2) is 8.86. The summed E-state index contributed by atoms with van der Waals surface area (Å²) < 4.78 is 5.80. The second-order valence-electron chi connectivity index (χ2n) is 6.12. The van der Waals surface area contributed by atoms with Crippen LogP contribution in [0.2, 0.25) is 0 Å². The lowest BCUT2D eigenvalue weighted by Crippen LogP contribution is -2.21. The zero-order valence-electron chi connectivity index (χ0n) is 14.9. The molecule has 0 spiro atoms. The van der Waals surface area contributed by atoms with Gasteiger partial charge >= 0.3 is 0 Å². The van der Waals surface area contributed by atoms with E-state index in [0.717, 1.165) is 35.4 Å². The van der Waals surface area contributed by atoms with Gasteiger partial charge in [0, 0.05) is 12.1 Å². The summed E-state index contributed by atoms with van der Waals surface area (Å²) in [5, 5.41) is 2.94. The third-order valence-corrected chi connectivity index (χ3v) is 4.24. The fourth-order valence-corrected chi connectivity index (χ4v) is 2.89. The number of anilines is 1. The van der Waals surface area contributed by atoms with Crippen molar-refractivity contribution in [2.75, 3.05) is 11.9 Å². The highest BCUT2D eigenvalue weighted by Crippen LogP contribution is 2.22. The van der Waals surface area contributed by atoms with Gasteiger partial charge in [-0.3, -0.25) is 4.79 Å². The van der Waals surface area contributed by atoms with Crippen LogP contribution in [0.25, 0.3) is 0 Å². The van der Waals surface area contributed by atoms with Gasteiger partial charge in [0.15, 0.2) is 6.61 Å². The molecule has 3 heteroatoms. The molecule has 1 N–H and O–H groups in total. The van der Waals surface area contributed by atoms with Gasteiger partial charge < -0.3 is 10.1 Å². The summed E-state index contributed by atoms with van der Waals surface area (Å²) in [6.07, 6.45) is 1.65. The number of rotatable bonds is 7. The third kappa shape index (κ3) is 4.73. The molecule has 0 radical (unpaired) electrons. The van der Waals surface area contributed by atoms with Crippen molar-refractivity contribution in [1.29, 1.82) is 0 Å². The van der Waals surface area contributed by atoms with E-state index in [1.807, 2.05) is 66.7 Å². The van der Waals surface area contributed by atoms with E-state index in [2.05, 4.69) is 24.4 Å². The quantitative estimate of drug-likeness (QED) is 0.664. The van der Waals surface area contributed by atoms with Gasteiger partial charge in [-0.05, 0) is 35.2 Å². The molecular weight excluding hydrogens is 322 g/mol. The minimum absolute atomic E-state index is 0.0101. The first-order valence-corrected chi connectivity index (χ1v) is 8.88. The summed E-state index contributed by atoms with van der Waals surface area (Å²) in [7, 11) is 0. The number of para-hydroxylation sites is 2. The summed E-state index contributed by atoms with van der Waals surface area (Å²) in [5.74, 6) is 0.593. The molecule has 0 unspecified atom stereocenters. The Morgan fingerprint density at radius 1 is 0.846 bits per heavy atom. The van der Waals surface area contributed by atoms with Crippen molar-refractivity contribution in [3.63, 3.8) is 0 Å². The number of carbonyl (C=O) groups excluding carboxylic acids is 1. The monoisotopic (exact) mass is 345 g/mol. The first-order valence-electron chi connectivity index (χ1n) is 8.88. The molecule has 3 aromatic carbocycles. The molecular formula is C23H23NO2. The minimum atomic E-state index is -0.152. The standard InChI is InChI=1S/C23H23NO2/c1-2-19-12-6-8-14-21(19)24-23(25)17-26-22-15-9-7-13-20(22)16-18-10-4-3-5-11-18/h3-15H,2,16-17H2,1H3,(H,24,25). The third-order valence-electron chi connectivity index (χ3n) is 4.24. The Kier molecular flexibility index (Phi) is 6.05. The number of aryl methyl sites for hydroxylation is 1. The molecule has 26 heavy (non-hydrogen) atoms. The molecule has 3 nitrogen and oxygen atoms in total. The average Bonchev–Trinajstić information content (AvgIpc) is 2.68. The summed E-state index contributed by atoms with van der Waals surface area (Å²) in [4.78, 5) is 12.3. The molecule has 3 rings (SSSR count). The van der Waals surface area contributed by atoms with E-state index < -0.39 is 0 Å². The Bertz CT molecular complexity index is 859. The molecule has 0 heterocycles. The molecule has 0 saturated heterocycles. The van der Waals surface area contributed by atoms with Gasteiger partial charge in [-0.15, -0.1) is 0 Å². The van der Waals surface area contributed by atoms with E-state index in [0.29, 0.717) is 0 Å². The Labute approximate surface area is 154 Å². The molecule has 1 amide bonds. The van der Waals surface area contributed by atoms with Crippen LogP contribution in [0.3, 0.4) is 0 Å². The topological polar surface area (TPSA) is 38.3 Å². The molecule has 0 aliphatic carbocycles. The van der Waals surface area contributed by atoms with Crippen LogP contribution in [0, 0.1) is 0 Å². The van der Waals surface area contributed by atoms with Gasteiger partial charge in [0.2, 0.25) is 0 Å². The van der Waals surface area contributed by atoms with Gasteiger partial charge in [-0.2, -0.15) is 0 Å². The molecule has 0 fully saturated rings. The number of carbonyl (C=O) groups is 1. The first kappa shape index (κ1) is 17.7. The maximum atomic E-state index is 12.3. The van der Waals surface area contributed by atoms with Crippen molar-refractivity contribution >= 4 is 11.6 Å². The Balaban J connectivity index is 1.63.